The van der Waals surface area contributed by atoms with E-state index in [0.29, 0.717) is 17.9 Å². The number of ether oxygens (including phenoxy) is 2. The van der Waals surface area contributed by atoms with E-state index in [1.165, 1.54) is 0 Å². The summed E-state index contributed by atoms with van der Waals surface area (Å²) in [6.45, 7) is 4.91. The Labute approximate surface area is 190 Å². The van der Waals surface area contributed by atoms with E-state index in [1.807, 2.05) is 28.0 Å². The molecule has 2 aliphatic heterocycles. The Morgan fingerprint density at radius 2 is 1.66 bits per heavy atom. The first-order valence-electron chi connectivity index (χ1n) is 11.5. The van der Waals surface area contributed by atoms with Gasteiger partial charge in [0.2, 0.25) is 0 Å². The van der Waals surface area contributed by atoms with Crippen LogP contribution in [-0.2, 0) is 11.2 Å². The molecule has 2 atom stereocenters. The molecule has 2 amide bonds. The maximum atomic E-state index is 13.2. The van der Waals surface area contributed by atoms with Crippen molar-refractivity contribution in [2.75, 3.05) is 25.2 Å². The first-order valence-corrected chi connectivity index (χ1v) is 11.5. The van der Waals surface area contributed by atoms with Gasteiger partial charge < -0.3 is 19.3 Å². The zero-order valence-electron chi connectivity index (χ0n) is 19.2. The molecular formula is C26H32N2O4. The third-order valence-corrected chi connectivity index (χ3v) is 6.60. The van der Waals surface area contributed by atoms with E-state index in [4.69, 9.17) is 9.47 Å². The summed E-state index contributed by atoms with van der Waals surface area (Å²) >= 11 is 0. The van der Waals surface area contributed by atoms with Crippen LogP contribution in [0.1, 0.15) is 55.5 Å². The maximum absolute atomic E-state index is 13.2. The molecule has 32 heavy (non-hydrogen) atoms. The molecule has 1 saturated heterocycles. The number of nitrogens with zero attached hydrogens (tertiary/aromatic N) is 2. The number of hydrogen-bond acceptors (Lipinski definition) is 4. The Morgan fingerprint density at radius 1 is 0.969 bits per heavy atom. The van der Waals surface area contributed by atoms with Crippen LogP contribution in [0.5, 0.6) is 11.5 Å². The lowest BCUT2D eigenvalue weighted by Gasteiger charge is -2.38. The summed E-state index contributed by atoms with van der Waals surface area (Å²) in [5, 5.41) is 0. The standard InChI is InChI=1S/C26H32N2O4/c1-18-6-4-7-19(2)28(18)25(29)17-32-22-11-9-20(10-12-22)26(30)27-15-5-8-21-16-23(31-3)13-14-24(21)27/h9-14,16,18-19H,4-8,15,17H2,1-3H3/t18-,19-/m0/s1. The van der Waals surface area contributed by atoms with Crippen LogP contribution in [0, 0.1) is 0 Å². The van der Waals surface area contributed by atoms with Gasteiger partial charge in [-0.05, 0) is 94.0 Å². The number of carbonyl (C=O) groups excluding carboxylic acids is 2. The van der Waals surface area contributed by atoms with Gasteiger partial charge in [-0.25, -0.2) is 0 Å². The Bertz CT molecular complexity index is 962. The summed E-state index contributed by atoms with van der Waals surface area (Å²) in [5.41, 5.74) is 2.67. The van der Waals surface area contributed by atoms with Crippen molar-refractivity contribution in [3.05, 3.63) is 53.6 Å². The predicted octanol–water partition coefficient (Wildman–Crippen LogP) is 4.46. The number of methoxy groups -OCH3 is 1. The second-order valence-corrected chi connectivity index (χ2v) is 8.80. The van der Waals surface area contributed by atoms with Crippen molar-refractivity contribution in [2.24, 2.45) is 0 Å². The van der Waals surface area contributed by atoms with Crippen LogP contribution in [0.4, 0.5) is 5.69 Å². The smallest absolute Gasteiger partial charge is 0.260 e. The molecule has 0 spiro atoms. The topological polar surface area (TPSA) is 59.1 Å². The molecule has 2 heterocycles. The first-order chi connectivity index (χ1) is 15.5. The number of hydrogen-bond donors (Lipinski definition) is 0. The molecule has 6 heteroatoms. The molecule has 0 unspecified atom stereocenters. The third kappa shape index (κ3) is 4.59. The van der Waals surface area contributed by atoms with Gasteiger partial charge in [0, 0.05) is 29.9 Å². The normalized spacial score (nSPS) is 20.5. The Kier molecular flexibility index (Phi) is 6.68. The van der Waals surface area contributed by atoms with E-state index in [2.05, 4.69) is 13.8 Å². The monoisotopic (exact) mass is 436 g/mol. The lowest BCUT2D eigenvalue weighted by Crippen LogP contribution is -2.49. The zero-order chi connectivity index (χ0) is 22.7. The van der Waals surface area contributed by atoms with E-state index in [1.54, 1.807) is 31.4 Å². The van der Waals surface area contributed by atoms with E-state index >= 15 is 0 Å². The first kappa shape index (κ1) is 22.2. The fourth-order valence-corrected chi connectivity index (χ4v) is 4.89. The van der Waals surface area contributed by atoms with Crippen molar-refractivity contribution >= 4 is 17.5 Å². The summed E-state index contributed by atoms with van der Waals surface area (Å²) in [4.78, 5) is 29.6. The molecular weight excluding hydrogens is 404 g/mol. The van der Waals surface area contributed by atoms with Gasteiger partial charge in [-0.3, -0.25) is 9.59 Å². The van der Waals surface area contributed by atoms with Gasteiger partial charge in [0.1, 0.15) is 11.5 Å². The molecule has 0 aliphatic carbocycles. The summed E-state index contributed by atoms with van der Waals surface area (Å²) in [6, 6.07) is 13.4. The maximum Gasteiger partial charge on any atom is 0.260 e. The van der Waals surface area contributed by atoms with Gasteiger partial charge in [-0.2, -0.15) is 0 Å². The molecule has 4 rings (SSSR count). The van der Waals surface area contributed by atoms with Crippen molar-refractivity contribution in [1.29, 1.82) is 0 Å². The fraction of sp³-hybridized carbons (Fsp3) is 0.462. The number of rotatable bonds is 5. The Hall–Kier alpha value is -3.02. The molecule has 0 saturated carbocycles. The molecule has 2 aromatic rings. The van der Waals surface area contributed by atoms with Crippen molar-refractivity contribution in [3.63, 3.8) is 0 Å². The molecule has 170 valence electrons. The van der Waals surface area contributed by atoms with Crippen LogP contribution >= 0.6 is 0 Å². The second-order valence-electron chi connectivity index (χ2n) is 8.80. The van der Waals surface area contributed by atoms with E-state index in [0.717, 1.165) is 49.1 Å². The largest absolute Gasteiger partial charge is 0.497 e. The lowest BCUT2D eigenvalue weighted by molar-refractivity contribution is -0.139. The minimum absolute atomic E-state index is 0.0172. The number of anilines is 1. The van der Waals surface area contributed by atoms with E-state index < -0.39 is 0 Å². The molecule has 6 nitrogen and oxygen atoms in total. The molecule has 2 aromatic carbocycles. The number of benzene rings is 2. The highest BCUT2D eigenvalue weighted by Crippen LogP contribution is 2.31. The quantitative estimate of drug-likeness (QED) is 0.695. The summed E-state index contributed by atoms with van der Waals surface area (Å²) < 4.78 is 11.1. The lowest BCUT2D eigenvalue weighted by atomic mass is 9.97. The average Bonchev–Trinajstić information content (AvgIpc) is 2.81. The number of carbonyl (C=O) groups is 2. The third-order valence-electron chi connectivity index (χ3n) is 6.60. The number of aryl methyl sites for hydroxylation is 1. The Morgan fingerprint density at radius 3 is 2.34 bits per heavy atom. The number of fused-ring (bicyclic) bond motifs is 1. The van der Waals surface area contributed by atoms with Gasteiger partial charge in [0.05, 0.1) is 7.11 Å². The van der Waals surface area contributed by atoms with Crippen LogP contribution in [0.2, 0.25) is 0 Å². The highest BCUT2D eigenvalue weighted by Gasteiger charge is 2.29. The number of amides is 2. The zero-order valence-corrected chi connectivity index (χ0v) is 19.2. The van der Waals surface area contributed by atoms with E-state index in [-0.39, 0.29) is 30.5 Å². The van der Waals surface area contributed by atoms with Gasteiger partial charge in [-0.15, -0.1) is 0 Å². The molecule has 0 radical (unpaired) electrons. The summed E-state index contributed by atoms with van der Waals surface area (Å²) in [6.07, 6.45) is 5.10. The van der Waals surface area contributed by atoms with E-state index in [9.17, 15) is 9.59 Å². The molecule has 2 aliphatic rings. The van der Waals surface area contributed by atoms with Gasteiger partial charge >= 0.3 is 0 Å². The predicted molar refractivity (Wildman–Crippen MR) is 125 cm³/mol. The van der Waals surface area contributed by atoms with Crippen molar-refractivity contribution < 1.29 is 19.1 Å². The fourth-order valence-electron chi connectivity index (χ4n) is 4.89. The summed E-state index contributed by atoms with van der Waals surface area (Å²) in [7, 11) is 1.65. The van der Waals surface area contributed by atoms with Crippen LogP contribution < -0.4 is 14.4 Å². The van der Waals surface area contributed by atoms with Crippen molar-refractivity contribution in [2.45, 2.75) is 58.0 Å². The highest BCUT2D eigenvalue weighted by atomic mass is 16.5. The second kappa shape index (κ2) is 9.63. The van der Waals surface area contributed by atoms with Crippen molar-refractivity contribution in [3.8, 4) is 11.5 Å². The van der Waals surface area contributed by atoms with Crippen molar-refractivity contribution in [1.82, 2.24) is 4.90 Å². The SMILES string of the molecule is COc1ccc2c(c1)CCCN2C(=O)c1ccc(OCC(=O)N2[C@@H](C)CCC[C@@H]2C)cc1. The van der Waals surface area contributed by atoms with Gasteiger partial charge in [0.25, 0.3) is 11.8 Å². The molecule has 0 bridgehead atoms. The minimum Gasteiger partial charge on any atom is -0.497 e. The van der Waals surface area contributed by atoms with Gasteiger partial charge in [-0.1, -0.05) is 0 Å². The van der Waals surface area contributed by atoms with Gasteiger partial charge in [0.15, 0.2) is 6.61 Å². The van der Waals surface area contributed by atoms with Crippen LogP contribution in [0.15, 0.2) is 42.5 Å². The average molecular weight is 437 g/mol. The Balaban J connectivity index is 1.40. The molecule has 0 N–H and O–H groups in total. The number of piperidine rings is 1. The number of likely N-dealkylation sites (tertiary alicyclic amines) is 1. The summed E-state index contributed by atoms with van der Waals surface area (Å²) in [5.74, 6) is 1.39. The highest BCUT2D eigenvalue weighted by molar-refractivity contribution is 6.06. The van der Waals surface area contributed by atoms with Crippen LogP contribution in [0.3, 0.4) is 0 Å². The molecule has 0 aromatic heterocycles. The minimum atomic E-state index is -0.0327. The van der Waals surface area contributed by atoms with Crippen LogP contribution in [0.25, 0.3) is 0 Å². The molecule has 1 fully saturated rings. The van der Waals surface area contributed by atoms with Crippen LogP contribution in [-0.4, -0.2) is 49.1 Å².